The number of aromatic amines is 1. The van der Waals surface area contributed by atoms with Gasteiger partial charge >= 0.3 is 0 Å². The van der Waals surface area contributed by atoms with Crippen LogP contribution in [-0.2, 0) is 0 Å². The third kappa shape index (κ3) is 4.45. The Kier molecular flexibility index (Phi) is 5.84. The third-order valence-corrected chi connectivity index (χ3v) is 4.90. The molecule has 0 bridgehead atoms. The molecular weight excluding hydrogens is 365 g/mol. The van der Waals surface area contributed by atoms with E-state index in [4.69, 9.17) is 4.74 Å². The number of imidazole rings is 1. The molecule has 29 heavy (non-hydrogen) atoms. The van der Waals surface area contributed by atoms with Crippen LogP contribution in [0.2, 0.25) is 0 Å². The Balaban J connectivity index is 1.55. The lowest BCUT2D eigenvalue weighted by molar-refractivity contribution is 0.305. The summed E-state index contributed by atoms with van der Waals surface area (Å²) in [4.78, 5) is 12.3. The topological polar surface area (TPSA) is 50.8 Å². The van der Waals surface area contributed by atoms with Crippen LogP contribution in [0.15, 0.2) is 60.8 Å². The second-order valence-corrected chi connectivity index (χ2v) is 7.10. The first-order valence-corrected chi connectivity index (χ1v) is 10.1. The largest absolute Gasteiger partial charge is 0.494 e. The van der Waals surface area contributed by atoms with E-state index in [-0.39, 0.29) is 5.82 Å². The first kappa shape index (κ1) is 19.1. The van der Waals surface area contributed by atoms with Gasteiger partial charge in [-0.2, -0.15) is 0 Å². The highest BCUT2D eigenvalue weighted by atomic mass is 19.1. The van der Waals surface area contributed by atoms with Gasteiger partial charge < -0.3 is 9.72 Å². The first-order valence-electron chi connectivity index (χ1n) is 10.1. The number of halogens is 1. The van der Waals surface area contributed by atoms with Crippen LogP contribution in [0.1, 0.15) is 32.6 Å². The van der Waals surface area contributed by atoms with Gasteiger partial charge in [0.05, 0.1) is 12.1 Å². The standard InChI is InChI=1S/C24H24FN3O/c1-2-3-4-7-13-29-19-10-8-9-17(14-19)23-27-22-15-18(16-26-24(22)28-23)20-11-5-6-12-21(20)25/h5-6,8-12,14-16H,2-4,7,13H2,1H3,(H,26,27,28). The minimum Gasteiger partial charge on any atom is -0.494 e. The van der Waals surface area contributed by atoms with Crippen molar-refractivity contribution in [1.82, 2.24) is 15.0 Å². The highest BCUT2D eigenvalue weighted by Gasteiger charge is 2.10. The minimum atomic E-state index is -0.267. The van der Waals surface area contributed by atoms with Crippen molar-refractivity contribution in [1.29, 1.82) is 0 Å². The second-order valence-electron chi connectivity index (χ2n) is 7.10. The van der Waals surface area contributed by atoms with Gasteiger partial charge in [-0.05, 0) is 30.7 Å². The van der Waals surface area contributed by atoms with Crippen molar-refractivity contribution in [3.8, 4) is 28.3 Å². The van der Waals surface area contributed by atoms with Crippen LogP contribution in [0.5, 0.6) is 5.75 Å². The van der Waals surface area contributed by atoms with Crippen LogP contribution in [0.3, 0.4) is 0 Å². The number of H-pyrrole nitrogens is 1. The van der Waals surface area contributed by atoms with Crippen molar-refractivity contribution in [3.05, 3.63) is 66.6 Å². The minimum absolute atomic E-state index is 0.267. The molecule has 0 aliphatic heterocycles. The van der Waals surface area contributed by atoms with Crippen LogP contribution >= 0.6 is 0 Å². The van der Waals surface area contributed by atoms with Crippen LogP contribution in [0.4, 0.5) is 4.39 Å². The molecule has 2 heterocycles. The predicted octanol–water partition coefficient (Wildman–Crippen LogP) is 6.39. The monoisotopic (exact) mass is 389 g/mol. The number of ether oxygens (including phenoxy) is 1. The van der Waals surface area contributed by atoms with Crippen molar-refractivity contribution >= 4 is 11.2 Å². The van der Waals surface area contributed by atoms with Crippen LogP contribution in [-0.4, -0.2) is 21.6 Å². The lowest BCUT2D eigenvalue weighted by atomic mass is 10.1. The zero-order chi connectivity index (χ0) is 20.1. The van der Waals surface area contributed by atoms with Gasteiger partial charge in [0.1, 0.15) is 17.4 Å². The summed E-state index contributed by atoms with van der Waals surface area (Å²) in [6, 6.07) is 16.5. The quantitative estimate of drug-likeness (QED) is 0.355. The van der Waals surface area contributed by atoms with Gasteiger partial charge in [0.15, 0.2) is 5.65 Å². The summed E-state index contributed by atoms with van der Waals surface area (Å²) in [6.45, 7) is 2.92. The Morgan fingerprint density at radius 3 is 2.72 bits per heavy atom. The van der Waals surface area contributed by atoms with Crippen LogP contribution in [0.25, 0.3) is 33.7 Å². The van der Waals surface area contributed by atoms with E-state index in [1.165, 1.54) is 25.3 Å². The zero-order valence-corrected chi connectivity index (χ0v) is 16.5. The van der Waals surface area contributed by atoms with Gasteiger partial charge in [-0.1, -0.05) is 56.5 Å². The number of hydrogen-bond acceptors (Lipinski definition) is 3. The Morgan fingerprint density at radius 1 is 0.966 bits per heavy atom. The molecule has 2 aromatic heterocycles. The molecule has 0 atom stereocenters. The molecule has 4 aromatic rings. The average Bonchev–Trinajstić information content (AvgIpc) is 3.18. The fraction of sp³-hybridized carbons (Fsp3) is 0.250. The molecule has 0 spiro atoms. The number of hydrogen-bond donors (Lipinski definition) is 1. The Labute approximate surface area is 169 Å². The van der Waals surface area contributed by atoms with Gasteiger partial charge in [0.2, 0.25) is 0 Å². The molecule has 0 aliphatic rings. The predicted molar refractivity (Wildman–Crippen MR) is 114 cm³/mol. The molecule has 0 radical (unpaired) electrons. The summed E-state index contributed by atoms with van der Waals surface area (Å²) < 4.78 is 20.0. The maximum atomic E-state index is 14.1. The average molecular weight is 389 g/mol. The van der Waals surface area contributed by atoms with Gasteiger partial charge in [0, 0.05) is 22.9 Å². The molecule has 0 amide bonds. The summed E-state index contributed by atoms with van der Waals surface area (Å²) in [5.41, 5.74) is 3.55. The summed E-state index contributed by atoms with van der Waals surface area (Å²) in [7, 11) is 0. The van der Waals surface area contributed by atoms with E-state index in [2.05, 4.69) is 21.9 Å². The van der Waals surface area contributed by atoms with Gasteiger partial charge in [-0.3, -0.25) is 0 Å². The van der Waals surface area contributed by atoms with Crippen molar-refractivity contribution in [2.24, 2.45) is 0 Å². The fourth-order valence-corrected chi connectivity index (χ4v) is 3.33. The van der Waals surface area contributed by atoms with E-state index in [9.17, 15) is 4.39 Å². The number of benzene rings is 2. The van der Waals surface area contributed by atoms with E-state index in [1.807, 2.05) is 36.4 Å². The Hall–Kier alpha value is -3.21. The number of pyridine rings is 1. The smallest absolute Gasteiger partial charge is 0.178 e. The van der Waals surface area contributed by atoms with Gasteiger partial charge in [-0.25, -0.2) is 14.4 Å². The molecule has 0 aliphatic carbocycles. The lowest BCUT2D eigenvalue weighted by Crippen LogP contribution is -1.97. The molecule has 2 aromatic carbocycles. The molecule has 0 saturated heterocycles. The molecule has 148 valence electrons. The number of nitrogens with one attached hydrogen (secondary N) is 1. The number of nitrogens with zero attached hydrogens (tertiary/aromatic N) is 2. The Morgan fingerprint density at radius 2 is 1.86 bits per heavy atom. The Bertz CT molecular complexity index is 1110. The van der Waals surface area contributed by atoms with E-state index in [0.29, 0.717) is 11.2 Å². The second kappa shape index (κ2) is 8.86. The highest BCUT2D eigenvalue weighted by Crippen LogP contribution is 2.27. The maximum absolute atomic E-state index is 14.1. The van der Waals surface area contributed by atoms with Crippen molar-refractivity contribution in [2.45, 2.75) is 32.6 Å². The molecule has 1 N–H and O–H groups in total. The van der Waals surface area contributed by atoms with E-state index >= 15 is 0 Å². The number of aromatic nitrogens is 3. The highest BCUT2D eigenvalue weighted by molar-refractivity contribution is 5.81. The number of unbranched alkanes of at least 4 members (excludes halogenated alkanes) is 3. The summed E-state index contributed by atoms with van der Waals surface area (Å²) >= 11 is 0. The fourth-order valence-electron chi connectivity index (χ4n) is 3.33. The summed E-state index contributed by atoms with van der Waals surface area (Å²) in [5, 5.41) is 0. The summed E-state index contributed by atoms with van der Waals surface area (Å²) in [5.74, 6) is 1.28. The van der Waals surface area contributed by atoms with Crippen LogP contribution < -0.4 is 4.74 Å². The normalized spacial score (nSPS) is 11.1. The zero-order valence-electron chi connectivity index (χ0n) is 16.5. The number of fused-ring (bicyclic) bond motifs is 1. The SMILES string of the molecule is CCCCCCOc1cccc(-c2nc3ncc(-c4ccccc4F)cc3[nH]2)c1. The van der Waals surface area contributed by atoms with Gasteiger partial charge in [0.25, 0.3) is 0 Å². The first-order chi connectivity index (χ1) is 14.2. The molecule has 0 fully saturated rings. The summed E-state index contributed by atoms with van der Waals surface area (Å²) in [6.07, 6.45) is 6.36. The lowest BCUT2D eigenvalue weighted by Gasteiger charge is -2.07. The number of rotatable bonds is 8. The van der Waals surface area contributed by atoms with Crippen molar-refractivity contribution in [2.75, 3.05) is 6.61 Å². The van der Waals surface area contributed by atoms with E-state index < -0.39 is 0 Å². The molecular formula is C24H24FN3O. The molecule has 4 rings (SSSR count). The van der Waals surface area contributed by atoms with E-state index in [1.54, 1.807) is 18.3 Å². The van der Waals surface area contributed by atoms with Crippen LogP contribution in [0, 0.1) is 5.82 Å². The van der Waals surface area contributed by atoms with E-state index in [0.717, 1.165) is 41.2 Å². The van der Waals surface area contributed by atoms with Gasteiger partial charge in [-0.15, -0.1) is 0 Å². The van der Waals surface area contributed by atoms with Crippen molar-refractivity contribution in [3.63, 3.8) is 0 Å². The molecule has 5 heteroatoms. The maximum Gasteiger partial charge on any atom is 0.178 e. The molecule has 0 unspecified atom stereocenters. The third-order valence-electron chi connectivity index (χ3n) is 4.90. The van der Waals surface area contributed by atoms with Crippen molar-refractivity contribution < 1.29 is 9.13 Å². The molecule has 4 nitrogen and oxygen atoms in total. The molecule has 0 saturated carbocycles.